The number of nitrogens with one attached hydrogen (secondary N) is 2. The van der Waals surface area contributed by atoms with Gasteiger partial charge in [0.25, 0.3) is 11.5 Å². The number of benzene rings is 1. The maximum absolute atomic E-state index is 12.8. The molecular formula is C21H22N4O3. The molecule has 1 aliphatic carbocycles. The number of aromatic nitrogens is 3. The molecule has 144 valence electrons. The van der Waals surface area contributed by atoms with Gasteiger partial charge in [0, 0.05) is 28.7 Å². The van der Waals surface area contributed by atoms with Crippen LogP contribution in [0, 0.1) is 0 Å². The van der Waals surface area contributed by atoms with Gasteiger partial charge in [0.05, 0.1) is 24.9 Å². The molecule has 1 saturated heterocycles. The van der Waals surface area contributed by atoms with Crippen molar-refractivity contribution in [3.63, 3.8) is 0 Å². The fraction of sp³-hybridized carbons (Fsp3) is 0.381. The zero-order chi connectivity index (χ0) is 19.1. The normalized spacial score (nSPS) is 21.6. The molecule has 2 aromatic heterocycles. The minimum atomic E-state index is -0.292. The monoisotopic (exact) mass is 378 g/mol. The average molecular weight is 378 g/mol. The van der Waals surface area contributed by atoms with Gasteiger partial charge in [-0.15, -0.1) is 0 Å². The van der Waals surface area contributed by atoms with Gasteiger partial charge < -0.3 is 15.0 Å². The van der Waals surface area contributed by atoms with Crippen LogP contribution in [0.3, 0.4) is 0 Å². The van der Waals surface area contributed by atoms with Gasteiger partial charge in [0.1, 0.15) is 6.04 Å². The molecule has 2 atom stereocenters. The molecule has 0 bridgehead atoms. The molecule has 0 radical (unpaired) electrons. The Morgan fingerprint density at radius 1 is 1.18 bits per heavy atom. The third kappa shape index (κ3) is 3.01. The van der Waals surface area contributed by atoms with Crippen molar-refractivity contribution in [2.24, 2.45) is 0 Å². The maximum atomic E-state index is 12.8. The molecule has 2 aliphatic rings. The number of hydrogen-bond acceptors (Lipinski definition) is 4. The minimum Gasteiger partial charge on any atom is -0.377 e. The summed E-state index contributed by atoms with van der Waals surface area (Å²) in [6.45, 7) is 0.738. The van der Waals surface area contributed by atoms with E-state index in [-0.39, 0.29) is 23.6 Å². The second-order valence-electron chi connectivity index (χ2n) is 7.57. The first-order valence-corrected chi connectivity index (χ1v) is 9.76. The zero-order valence-corrected chi connectivity index (χ0v) is 15.5. The fourth-order valence-electron chi connectivity index (χ4n) is 4.18. The van der Waals surface area contributed by atoms with Crippen LogP contribution >= 0.6 is 0 Å². The van der Waals surface area contributed by atoms with E-state index in [1.54, 1.807) is 12.1 Å². The van der Waals surface area contributed by atoms with Crippen molar-refractivity contribution >= 4 is 16.8 Å². The lowest BCUT2D eigenvalue weighted by molar-refractivity contribution is 0.0924. The number of H-pyrrole nitrogens is 1. The fourth-order valence-corrected chi connectivity index (χ4v) is 4.18. The molecule has 3 heterocycles. The summed E-state index contributed by atoms with van der Waals surface area (Å²) in [6.07, 6.45) is 5.87. The first-order chi connectivity index (χ1) is 13.7. The summed E-state index contributed by atoms with van der Waals surface area (Å²) < 4.78 is 7.11. The Kier molecular flexibility index (Phi) is 4.24. The van der Waals surface area contributed by atoms with Crippen molar-refractivity contribution in [2.75, 3.05) is 13.2 Å². The van der Waals surface area contributed by atoms with E-state index in [1.807, 2.05) is 24.4 Å². The highest BCUT2D eigenvalue weighted by Gasteiger charge is 2.33. The number of nitrogens with zero attached hydrogens (tertiary/aromatic N) is 2. The van der Waals surface area contributed by atoms with E-state index in [4.69, 9.17) is 4.74 Å². The van der Waals surface area contributed by atoms with E-state index in [0.29, 0.717) is 18.8 Å². The van der Waals surface area contributed by atoms with E-state index in [0.717, 1.165) is 47.8 Å². The summed E-state index contributed by atoms with van der Waals surface area (Å²) in [5.74, 6) is -0.172. The standard InChI is InChI=1S/C21H22N4O3/c26-20-10-13-3-1-2-4-17(13)24-25(20)19-12-28-11-18(19)23-21(27)15-5-6-16-14(9-15)7-8-22-16/h5-10,18-19,22H,1-4,11-12H2,(H,23,27). The van der Waals surface area contributed by atoms with Crippen LogP contribution in [0.25, 0.3) is 10.9 Å². The highest BCUT2D eigenvalue weighted by atomic mass is 16.5. The third-order valence-corrected chi connectivity index (χ3v) is 5.73. The minimum absolute atomic E-state index is 0.121. The predicted octanol–water partition coefficient (Wildman–Crippen LogP) is 1.97. The van der Waals surface area contributed by atoms with Crippen LogP contribution in [0.2, 0.25) is 0 Å². The summed E-state index contributed by atoms with van der Waals surface area (Å²) in [4.78, 5) is 28.5. The Bertz CT molecular complexity index is 1100. The van der Waals surface area contributed by atoms with Crippen LogP contribution in [0.15, 0.2) is 41.3 Å². The third-order valence-electron chi connectivity index (χ3n) is 5.73. The van der Waals surface area contributed by atoms with Crippen molar-refractivity contribution in [1.82, 2.24) is 20.1 Å². The summed E-state index contributed by atoms with van der Waals surface area (Å²) >= 11 is 0. The summed E-state index contributed by atoms with van der Waals surface area (Å²) in [6, 6.07) is 8.60. The lowest BCUT2D eigenvalue weighted by Gasteiger charge is -2.23. The van der Waals surface area contributed by atoms with Gasteiger partial charge in [-0.25, -0.2) is 4.68 Å². The number of aromatic amines is 1. The molecule has 1 fully saturated rings. The molecule has 1 aliphatic heterocycles. The quantitative estimate of drug-likeness (QED) is 0.729. The zero-order valence-electron chi connectivity index (χ0n) is 15.5. The van der Waals surface area contributed by atoms with E-state index >= 15 is 0 Å². The number of carbonyl (C=O) groups excluding carboxylic acids is 1. The summed E-state index contributed by atoms with van der Waals surface area (Å²) in [5, 5.41) is 8.65. The second-order valence-corrected chi connectivity index (χ2v) is 7.57. The van der Waals surface area contributed by atoms with Crippen LogP contribution in [-0.2, 0) is 17.6 Å². The van der Waals surface area contributed by atoms with Crippen LogP contribution in [0.4, 0.5) is 0 Å². The molecular weight excluding hydrogens is 356 g/mol. The van der Waals surface area contributed by atoms with Gasteiger partial charge in [0.2, 0.25) is 0 Å². The molecule has 5 rings (SSSR count). The molecule has 1 amide bonds. The summed E-state index contributed by atoms with van der Waals surface area (Å²) in [5.41, 5.74) is 3.52. The molecule has 7 heteroatoms. The van der Waals surface area contributed by atoms with Crippen molar-refractivity contribution in [3.05, 3.63) is 63.7 Å². The Labute approximate surface area is 161 Å². The SMILES string of the molecule is O=C(NC1COCC1n1nc2c(cc1=O)CCCC2)c1ccc2[nH]ccc2c1. The van der Waals surface area contributed by atoms with Crippen molar-refractivity contribution in [3.8, 4) is 0 Å². The lowest BCUT2D eigenvalue weighted by atomic mass is 9.97. The first-order valence-electron chi connectivity index (χ1n) is 9.76. The number of rotatable bonds is 3. The van der Waals surface area contributed by atoms with E-state index in [2.05, 4.69) is 15.4 Å². The molecule has 0 spiro atoms. The van der Waals surface area contributed by atoms with E-state index in [1.165, 1.54) is 4.68 Å². The molecule has 2 unspecified atom stereocenters. The number of amides is 1. The molecule has 0 saturated carbocycles. The predicted molar refractivity (Wildman–Crippen MR) is 105 cm³/mol. The van der Waals surface area contributed by atoms with Crippen LogP contribution < -0.4 is 10.9 Å². The van der Waals surface area contributed by atoms with Gasteiger partial charge >= 0.3 is 0 Å². The van der Waals surface area contributed by atoms with Crippen LogP contribution in [0.1, 0.15) is 40.5 Å². The first kappa shape index (κ1) is 17.2. The van der Waals surface area contributed by atoms with Crippen molar-refractivity contribution < 1.29 is 9.53 Å². The Morgan fingerprint density at radius 3 is 3.00 bits per heavy atom. The number of fused-ring (bicyclic) bond motifs is 2. The van der Waals surface area contributed by atoms with Crippen LogP contribution in [0.5, 0.6) is 0 Å². The van der Waals surface area contributed by atoms with Gasteiger partial charge in [-0.3, -0.25) is 9.59 Å². The highest BCUT2D eigenvalue weighted by Crippen LogP contribution is 2.22. The second kappa shape index (κ2) is 6.91. The maximum Gasteiger partial charge on any atom is 0.267 e. The van der Waals surface area contributed by atoms with Gasteiger partial charge in [0.15, 0.2) is 0 Å². The number of aryl methyl sites for hydroxylation is 2. The molecule has 2 N–H and O–H groups in total. The number of ether oxygens (including phenoxy) is 1. The Hall–Kier alpha value is -2.93. The van der Waals surface area contributed by atoms with Gasteiger partial charge in [-0.2, -0.15) is 5.10 Å². The number of hydrogen-bond donors (Lipinski definition) is 2. The molecule has 7 nitrogen and oxygen atoms in total. The highest BCUT2D eigenvalue weighted by molar-refractivity contribution is 5.98. The van der Waals surface area contributed by atoms with E-state index < -0.39 is 0 Å². The topological polar surface area (TPSA) is 89.0 Å². The molecule has 1 aromatic carbocycles. The van der Waals surface area contributed by atoms with Gasteiger partial charge in [-0.05, 0) is 55.5 Å². The summed E-state index contributed by atoms with van der Waals surface area (Å²) in [7, 11) is 0. The largest absolute Gasteiger partial charge is 0.377 e. The average Bonchev–Trinajstić information content (AvgIpc) is 3.36. The smallest absolute Gasteiger partial charge is 0.267 e. The van der Waals surface area contributed by atoms with Gasteiger partial charge in [-0.1, -0.05) is 0 Å². The van der Waals surface area contributed by atoms with Crippen molar-refractivity contribution in [2.45, 2.75) is 37.8 Å². The molecule has 3 aromatic rings. The Morgan fingerprint density at radius 2 is 2.07 bits per heavy atom. The van der Waals surface area contributed by atoms with E-state index in [9.17, 15) is 9.59 Å². The lowest BCUT2D eigenvalue weighted by Crippen LogP contribution is -2.44. The number of carbonyl (C=O) groups is 1. The molecule has 28 heavy (non-hydrogen) atoms. The van der Waals surface area contributed by atoms with Crippen LogP contribution in [-0.4, -0.2) is 39.9 Å². The van der Waals surface area contributed by atoms with Crippen molar-refractivity contribution in [1.29, 1.82) is 0 Å². The Balaban J connectivity index is 1.39.